The monoisotopic (exact) mass is 151 g/mol. The molecule has 0 amide bonds. The molecule has 0 aliphatic heterocycles. The first-order valence-electron chi connectivity index (χ1n) is 3.18. The Hall–Kier alpha value is -0.835. The average molecular weight is 151 g/mol. The predicted molar refractivity (Wildman–Crippen MR) is 41.2 cm³/mol. The molecule has 11 heavy (non-hydrogen) atoms. The predicted octanol–water partition coefficient (Wildman–Crippen LogP) is -1.09. The molecule has 3 N–H and O–H groups in total. The summed E-state index contributed by atoms with van der Waals surface area (Å²) >= 11 is 0. The molecule has 1 aromatic rings. The maximum absolute atomic E-state index is 8.76. The largest absolute Gasteiger partial charge is 0.450 e. The van der Waals surface area contributed by atoms with Crippen LogP contribution in [0.5, 0.6) is 0 Å². The second-order valence-corrected chi connectivity index (χ2v) is 2.13. The molecule has 0 saturated heterocycles. The standard InChI is InChI=1S/C7H8BO3/c9-7(10)5-3-1-2-4-6(5)8-11/h1-4,7,9-11H. The Morgan fingerprint density at radius 3 is 2.27 bits per heavy atom. The maximum atomic E-state index is 8.76. The molecule has 57 valence electrons. The van der Waals surface area contributed by atoms with Crippen molar-refractivity contribution in [2.75, 3.05) is 0 Å². The van der Waals surface area contributed by atoms with Crippen LogP contribution >= 0.6 is 0 Å². The number of aliphatic hydroxyl groups is 2. The minimum Gasteiger partial charge on any atom is -0.450 e. The Bertz CT molecular complexity index is 237. The number of aliphatic hydroxyl groups excluding tert-OH is 1. The number of rotatable bonds is 2. The van der Waals surface area contributed by atoms with Crippen LogP contribution in [-0.2, 0) is 0 Å². The first-order valence-corrected chi connectivity index (χ1v) is 3.18. The number of hydrogen-bond donors (Lipinski definition) is 3. The Morgan fingerprint density at radius 1 is 1.18 bits per heavy atom. The highest BCUT2D eigenvalue weighted by atomic mass is 16.5. The van der Waals surface area contributed by atoms with Crippen LogP contribution in [-0.4, -0.2) is 22.7 Å². The lowest BCUT2D eigenvalue weighted by atomic mass is 9.84. The van der Waals surface area contributed by atoms with E-state index in [9.17, 15) is 0 Å². The van der Waals surface area contributed by atoms with E-state index in [4.69, 9.17) is 15.2 Å². The van der Waals surface area contributed by atoms with Crippen LogP contribution in [0, 0.1) is 0 Å². The van der Waals surface area contributed by atoms with Crippen LogP contribution in [0.25, 0.3) is 0 Å². The van der Waals surface area contributed by atoms with Gasteiger partial charge in [0.15, 0.2) is 6.29 Å². The molecule has 0 aliphatic carbocycles. The minimum atomic E-state index is -1.53. The molecule has 0 aliphatic rings. The Labute approximate surface area is 65.2 Å². The molecule has 1 aromatic carbocycles. The highest BCUT2D eigenvalue weighted by Gasteiger charge is 2.07. The third-order valence-corrected chi connectivity index (χ3v) is 1.41. The number of hydrogen-bond acceptors (Lipinski definition) is 3. The van der Waals surface area contributed by atoms with E-state index in [-0.39, 0.29) is 0 Å². The quantitative estimate of drug-likeness (QED) is 0.371. The van der Waals surface area contributed by atoms with E-state index in [1.54, 1.807) is 18.2 Å². The summed E-state index contributed by atoms with van der Waals surface area (Å²) in [6.45, 7) is 0. The van der Waals surface area contributed by atoms with Crippen molar-refractivity contribution in [1.82, 2.24) is 0 Å². The summed E-state index contributed by atoms with van der Waals surface area (Å²) < 4.78 is 0. The first-order chi connectivity index (χ1) is 5.25. The van der Waals surface area contributed by atoms with Gasteiger partial charge in [-0.2, -0.15) is 0 Å². The van der Waals surface area contributed by atoms with Crippen LogP contribution in [0.4, 0.5) is 0 Å². The molecule has 0 aromatic heterocycles. The zero-order chi connectivity index (χ0) is 8.27. The van der Waals surface area contributed by atoms with Gasteiger partial charge in [0.1, 0.15) is 0 Å². The maximum Gasteiger partial charge on any atom is 0.327 e. The van der Waals surface area contributed by atoms with Crippen LogP contribution in [0.1, 0.15) is 11.9 Å². The SMILES string of the molecule is O[B]c1ccccc1C(O)O. The zero-order valence-electron chi connectivity index (χ0n) is 5.81. The molecule has 0 heterocycles. The third kappa shape index (κ3) is 1.80. The van der Waals surface area contributed by atoms with Gasteiger partial charge < -0.3 is 15.2 Å². The normalized spacial score (nSPS) is 10.2. The summed E-state index contributed by atoms with van der Waals surface area (Å²) in [6.07, 6.45) is -1.53. The highest BCUT2D eigenvalue weighted by molar-refractivity contribution is 6.46. The molecular weight excluding hydrogens is 143 g/mol. The van der Waals surface area contributed by atoms with Crippen molar-refractivity contribution in [3.63, 3.8) is 0 Å². The van der Waals surface area contributed by atoms with Crippen LogP contribution in [0.3, 0.4) is 0 Å². The van der Waals surface area contributed by atoms with Gasteiger partial charge >= 0.3 is 7.48 Å². The van der Waals surface area contributed by atoms with Gasteiger partial charge in [-0.15, -0.1) is 0 Å². The Balaban J connectivity index is 3.02. The topological polar surface area (TPSA) is 60.7 Å². The molecular formula is C7H8BO3. The zero-order valence-corrected chi connectivity index (χ0v) is 5.81. The van der Waals surface area contributed by atoms with Gasteiger partial charge in [0.05, 0.1) is 0 Å². The van der Waals surface area contributed by atoms with Gasteiger partial charge in [0, 0.05) is 5.56 Å². The van der Waals surface area contributed by atoms with Crippen molar-refractivity contribution in [1.29, 1.82) is 0 Å². The van der Waals surface area contributed by atoms with Crippen molar-refractivity contribution >= 4 is 12.9 Å². The van der Waals surface area contributed by atoms with Gasteiger partial charge in [0.2, 0.25) is 0 Å². The van der Waals surface area contributed by atoms with E-state index < -0.39 is 6.29 Å². The summed E-state index contributed by atoms with van der Waals surface area (Å²) in [7, 11) is 0.842. The van der Waals surface area contributed by atoms with Gasteiger partial charge in [-0.3, -0.25) is 0 Å². The summed E-state index contributed by atoms with van der Waals surface area (Å²) in [5, 5.41) is 26.1. The van der Waals surface area contributed by atoms with Gasteiger partial charge in [-0.1, -0.05) is 24.3 Å². The lowest BCUT2D eigenvalue weighted by molar-refractivity contribution is -0.0417. The minimum absolute atomic E-state index is 0.301. The smallest absolute Gasteiger partial charge is 0.327 e. The summed E-state index contributed by atoms with van der Waals surface area (Å²) in [5.41, 5.74) is 0.720. The molecule has 0 bridgehead atoms. The second kappa shape index (κ2) is 3.53. The summed E-state index contributed by atoms with van der Waals surface area (Å²) in [6, 6.07) is 6.50. The van der Waals surface area contributed by atoms with Crippen LogP contribution < -0.4 is 5.46 Å². The molecule has 1 radical (unpaired) electrons. The average Bonchev–Trinajstić information content (AvgIpc) is 2.04. The fourth-order valence-corrected chi connectivity index (χ4v) is 0.864. The third-order valence-electron chi connectivity index (χ3n) is 1.41. The van der Waals surface area contributed by atoms with E-state index in [0.717, 1.165) is 7.48 Å². The Morgan fingerprint density at radius 2 is 1.82 bits per heavy atom. The lowest BCUT2D eigenvalue weighted by Crippen LogP contribution is -2.20. The first kappa shape index (κ1) is 8.26. The van der Waals surface area contributed by atoms with E-state index >= 15 is 0 Å². The molecule has 4 heteroatoms. The highest BCUT2D eigenvalue weighted by Crippen LogP contribution is 2.04. The van der Waals surface area contributed by atoms with Crippen LogP contribution in [0.15, 0.2) is 24.3 Å². The van der Waals surface area contributed by atoms with Crippen molar-refractivity contribution in [2.45, 2.75) is 6.29 Å². The van der Waals surface area contributed by atoms with Gasteiger partial charge in [-0.25, -0.2) is 0 Å². The van der Waals surface area contributed by atoms with Crippen LogP contribution in [0.2, 0.25) is 0 Å². The molecule has 0 atom stereocenters. The molecule has 0 spiro atoms. The molecule has 3 nitrogen and oxygen atoms in total. The van der Waals surface area contributed by atoms with Crippen molar-refractivity contribution in [3.05, 3.63) is 29.8 Å². The van der Waals surface area contributed by atoms with E-state index in [1.165, 1.54) is 6.07 Å². The van der Waals surface area contributed by atoms with Gasteiger partial charge in [-0.05, 0) is 5.46 Å². The second-order valence-electron chi connectivity index (χ2n) is 2.13. The van der Waals surface area contributed by atoms with Crippen molar-refractivity contribution in [2.24, 2.45) is 0 Å². The molecule has 1 rings (SSSR count). The van der Waals surface area contributed by atoms with E-state index in [2.05, 4.69) is 0 Å². The molecule has 0 saturated carbocycles. The molecule has 0 unspecified atom stereocenters. The van der Waals surface area contributed by atoms with Crippen molar-refractivity contribution in [3.8, 4) is 0 Å². The van der Waals surface area contributed by atoms with E-state index in [1.807, 2.05) is 0 Å². The lowest BCUT2D eigenvalue weighted by Gasteiger charge is -2.06. The Kier molecular flexibility index (Phi) is 2.65. The van der Waals surface area contributed by atoms with E-state index in [0.29, 0.717) is 11.0 Å². The fourth-order valence-electron chi connectivity index (χ4n) is 0.864. The fraction of sp³-hybridized carbons (Fsp3) is 0.143. The summed E-state index contributed by atoms with van der Waals surface area (Å²) in [4.78, 5) is 0. The number of benzene rings is 1. The van der Waals surface area contributed by atoms with Crippen molar-refractivity contribution < 1.29 is 15.2 Å². The molecule has 0 fully saturated rings. The summed E-state index contributed by atoms with van der Waals surface area (Å²) in [5.74, 6) is 0. The van der Waals surface area contributed by atoms with Gasteiger partial charge in [0.25, 0.3) is 0 Å².